The first-order valence-electron chi connectivity index (χ1n) is 8.67. The highest BCUT2D eigenvalue weighted by Gasteiger charge is 2.28. The van der Waals surface area contributed by atoms with Crippen LogP contribution in [0, 0.1) is 0 Å². The second-order valence-corrected chi connectivity index (χ2v) is 6.57. The van der Waals surface area contributed by atoms with Gasteiger partial charge in [-0.2, -0.15) is 0 Å². The molecular weight excluding hydrogens is 372 g/mol. The van der Waals surface area contributed by atoms with E-state index < -0.39 is 85.9 Å². The van der Waals surface area contributed by atoms with E-state index in [2.05, 4.69) is 0 Å². The molecule has 0 radical (unpaired) electrons. The monoisotopic (exact) mass is 398 g/mol. The van der Waals surface area contributed by atoms with Crippen LogP contribution in [-0.4, -0.2) is 75.1 Å². The van der Waals surface area contributed by atoms with Crippen LogP contribution >= 0.6 is 0 Å². The maximum absolute atomic E-state index is 12.2. The van der Waals surface area contributed by atoms with Gasteiger partial charge in [-0.1, -0.05) is 0 Å². The van der Waals surface area contributed by atoms with Crippen molar-refractivity contribution in [2.75, 3.05) is 13.1 Å². The number of aliphatic hydroxyl groups excluding tert-OH is 1. The Morgan fingerprint density at radius 2 is 0.929 bits per heavy atom. The van der Waals surface area contributed by atoms with Crippen LogP contribution in [0.15, 0.2) is 0 Å². The van der Waals surface area contributed by atoms with Crippen LogP contribution in [0.25, 0.3) is 0 Å². The van der Waals surface area contributed by atoms with Crippen molar-refractivity contribution in [3.8, 4) is 0 Å². The first-order chi connectivity index (χ1) is 12.8. The molecule has 10 heteroatoms. The number of ketones is 3. The molecule has 1 unspecified atom stereocenters. The van der Waals surface area contributed by atoms with Gasteiger partial charge in [0, 0.05) is 13.1 Å². The second kappa shape index (κ2) is 11.9. The Balaban J connectivity index is 5.48. The summed E-state index contributed by atoms with van der Waals surface area (Å²) >= 11 is 0. The molecule has 10 nitrogen and oxygen atoms in total. The van der Waals surface area contributed by atoms with Gasteiger partial charge in [0.15, 0.2) is 0 Å². The third-order valence-electron chi connectivity index (χ3n) is 3.42. The molecule has 0 fully saturated rings. The van der Waals surface area contributed by atoms with Crippen LogP contribution < -0.4 is 0 Å². The minimum atomic E-state index is -1.05. The van der Waals surface area contributed by atoms with Crippen LogP contribution in [0.3, 0.4) is 0 Å². The Bertz CT molecular complexity index is 640. The predicted molar refractivity (Wildman–Crippen MR) is 95.6 cm³/mol. The SMILES string of the molecule is CC(=O)CC(=O)N(CCN(C(=O)CC(C)=O)C(=O)CC(C)O)C(=O)CC(C)=O. The number of aliphatic hydroxyl groups is 1. The fourth-order valence-corrected chi connectivity index (χ4v) is 2.27. The number of hydrogen-bond donors (Lipinski definition) is 1. The van der Waals surface area contributed by atoms with Crippen molar-refractivity contribution in [1.29, 1.82) is 0 Å². The highest BCUT2D eigenvalue weighted by Crippen LogP contribution is 2.06. The summed E-state index contributed by atoms with van der Waals surface area (Å²) in [6, 6.07) is 0. The molecule has 0 aromatic heterocycles. The van der Waals surface area contributed by atoms with Gasteiger partial charge in [-0.15, -0.1) is 0 Å². The lowest BCUT2D eigenvalue weighted by Gasteiger charge is -2.26. The van der Waals surface area contributed by atoms with E-state index in [0.717, 1.165) is 20.8 Å². The lowest BCUT2D eigenvalue weighted by molar-refractivity contribution is -0.152. The van der Waals surface area contributed by atoms with E-state index in [4.69, 9.17) is 0 Å². The fraction of sp³-hybridized carbons (Fsp3) is 0.611. The third-order valence-corrected chi connectivity index (χ3v) is 3.42. The van der Waals surface area contributed by atoms with Crippen LogP contribution in [0.2, 0.25) is 0 Å². The molecule has 1 atom stereocenters. The maximum Gasteiger partial charge on any atom is 0.236 e. The van der Waals surface area contributed by atoms with Gasteiger partial charge in [-0.25, -0.2) is 0 Å². The van der Waals surface area contributed by atoms with Crippen molar-refractivity contribution in [3.63, 3.8) is 0 Å². The molecule has 0 aliphatic carbocycles. The van der Waals surface area contributed by atoms with E-state index in [1.165, 1.54) is 6.92 Å². The zero-order valence-electron chi connectivity index (χ0n) is 16.5. The first-order valence-corrected chi connectivity index (χ1v) is 8.67. The number of rotatable bonds is 11. The molecule has 0 heterocycles. The Labute approximate surface area is 162 Å². The quantitative estimate of drug-likeness (QED) is 0.454. The molecule has 0 aromatic carbocycles. The van der Waals surface area contributed by atoms with Gasteiger partial charge in [-0.3, -0.25) is 43.4 Å². The van der Waals surface area contributed by atoms with Gasteiger partial charge in [0.2, 0.25) is 23.6 Å². The molecule has 0 bridgehead atoms. The van der Waals surface area contributed by atoms with Crippen molar-refractivity contribution >= 4 is 41.0 Å². The van der Waals surface area contributed by atoms with Gasteiger partial charge >= 0.3 is 0 Å². The Hall–Kier alpha value is -2.75. The standard InChI is InChI=1S/C18H26N2O8/c1-11(21)7-15(25)19(16(26)8-12(2)22)5-6-20(17(27)9-13(3)23)18(28)10-14(4)24/h11,21H,5-10H2,1-4H3. The minimum Gasteiger partial charge on any atom is -0.393 e. The summed E-state index contributed by atoms with van der Waals surface area (Å²) in [7, 11) is 0. The second-order valence-electron chi connectivity index (χ2n) is 6.57. The maximum atomic E-state index is 12.2. The number of carbonyl (C=O) groups is 7. The average molecular weight is 398 g/mol. The summed E-state index contributed by atoms with van der Waals surface area (Å²) in [5.74, 6) is -4.82. The zero-order chi connectivity index (χ0) is 22.0. The highest BCUT2D eigenvalue weighted by molar-refractivity contribution is 6.08. The van der Waals surface area contributed by atoms with Gasteiger partial charge in [-0.05, 0) is 27.7 Å². The molecule has 0 saturated carbocycles. The van der Waals surface area contributed by atoms with E-state index in [1.807, 2.05) is 0 Å². The van der Waals surface area contributed by atoms with Crippen molar-refractivity contribution in [2.24, 2.45) is 0 Å². The molecule has 0 aliphatic rings. The predicted octanol–water partition coefficient (Wildman–Crippen LogP) is -0.595. The molecular formula is C18H26N2O8. The van der Waals surface area contributed by atoms with Crippen LogP contribution in [0.1, 0.15) is 53.4 Å². The van der Waals surface area contributed by atoms with E-state index in [0.29, 0.717) is 9.80 Å². The normalized spacial score (nSPS) is 11.3. The van der Waals surface area contributed by atoms with E-state index in [1.54, 1.807) is 0 Å². The summed E-state index contributed by atoms with van der Waals surface area (Å²) in [6.07, 6.45) is -3.16. The molecule has 0 rings (SSSR count). The number of carbonyl (C=O) groups excluding carboxylic acids is 7. The van der Waals surface area contributed by atoms with Crippen molar-refractivity contribution < 1.29 is 38.7 Å². The third kappa shape index (κ3) is 9.81. The van der Waals surface area contributed by atoms with Crippen molar-refractivity contribution in [1.82, 2.24) is 9.80 Å². The minimum absolute atomic E-state index is 0.396. The molecule has 0 saturated heterocycles. The van der Waals surface area contributed by atoms with Gasteiger partial charge in [0.25, 0.3) is 0 Å². The summed E-state index contributed by atoms with van der Waals surface area (Å²) in [5.41, 5.74) is 0. The average Bonchev–Trinajstić information content (AvgIpc) is 2.47. The Morgan fingerprint density at radius 1 is 0.643 bits per heavy atom. The number of hydrogen-bond acceptors (Lipinski definition) is 8. The number of Topliss-reactive ketones (excluding diaryl/α,β-unsaturated/α-hetero) is 3. The molecule has 0 aromatic rings. The summed E-state index contributed by atoms with van der Waals surface area (Å²) < 4.78 is 0. The van der Waals surface area contributed by atoms with E-state index >= 15 is 0 Å². The van der Waals surface area contributed by atoms with Gasteiger partial charge < -0.3 is 5.11 Å². The van der Waals surface area contributed by atoms with E-state index in [-0.39, 0.29) is 0 Å². The first kappa shape index (κ1) is 25.2. The molecule has 156 valence electrons. The van der Waals surface area contributed by atoms with Gasteiger partial charge in [0.05, 0.1) is 31.8 Å². The van der Waals surface area contributed by atoms with Crippen molar-refractivity contribution in [2.45, 2.75) is 59.5 Å². The summed E-state index contributed by atoms with van der Waals surface area (Å²) in [6.45, 7) is 3.94. The largest absolute Gasteiger partial charge is 0.393 e. The Morgan fingerprint density at radius 3 is 1.18 bits per heavy atom. The molecule has 0 spiro atoms. The summed E-state index contributed by atoms with van der Waals surface area (Å²) in [4.78, 5) is 83.7. The van der Waals surface area contributed by atoms with Crippen LogP contribution in [-0.2, 0) is 33.6 Å². The number of amides is 4. The molecule has 4 amide bonds. The Kier molecular flexibility index (Phi) is 10.7. The smallest absolute Gasteiger partial charge is 0.236 e. The van der Waals surface area contributed by atoms with Crippen LogP contribution in [0.4, 0.5) is 0 Å². The number of imide groups is 2. The lowest BCUT2D eigenvalue weighted by Crippen LogP contribution is -2.47. The fourth-order valence-electron chi connectivity index (χ4n) is 2.27. The zero-order valence-corrected chi connectivity index (χ0v) is 16.5. The topological polar surface area (TPSA) is 146 Å². The van der Waals surface area contributed by atoms with Crippen molar-refractivity contribution in [3.05, 3.63) is 0 Å². The number of nitrogens with zero attached hydrogens (tertiary/aromatic N) is 2. The van der Waals surface area contributed by atoms with Gasteiger partial charge in [0.1, 0.15) is 17.3 Å². The molecule has 28 heavy (non-hydrogen) atoms. The molecule has 1 N–H and O–H groups in total. The summed E-state index contributed by atoms with van der Waals surface area (Å²) in [5, 5.41) is 9.37. The highest BCUT2D eigenvalue weighted by atomic mass is 16.3. The molecule has 0 aliphatic heterocycles. The van der Waals surface area contributed by atoms with Crippen LogP contribution in [0.5, 0.6) is 0 Å². The van der Waals surface area contributed by atoms with E-state index in [9.17, 15) is 38.7 Å². The lowest BCUT2D eigenvalue weighted by atomic mass is 10.2.